The molecule has 1 aliphatic rings. The average Bonchev–Trinajstić information content (AvgIpc) is 3.33. The summed E-state index contributed by atoms with van der Waals surface area (Å²) in [5.74, 6) is 1.51. The molecule has 0 radical (unpaired) electrons. The summed E-state index contributed by atoms with van der Waals surface area (Å²) in [4.78, 5) is 26.2. The van der Waals surface area contributed by atoms with Gasteiger partial charge in [-0.25, -0.2) is 19.7 Å². The predicted octanol–water partition coefficient (Wildman–Crippen LogP) is 6.30. The molecule has 10 heteroatoms. The van der Waals surface area contributed by atoms with Gasteiger partial charge in [-0.2, -0.15) is 0 Å². The summed E-state index contributed by atoms with van der Waals surface area (Å²) < 4.78 is 7.40. The first-order valence-electron chi connectivity index (χ1n) is 13.3. The topological polar surface area (TPSA) is 105 Å². The van der Waals surface area contributed by atoms with E-state index in [9.17, 15) is 4.79 Å². The van der Waals surface area contributed by atoms with Gasteiger partial charge in [0.25, 0.3) is 0 Å². The smallest absolute Gasteiger partial charge is 0.407 e. The second-order valence-electron chi connectivity index (χ2n) is 10.8. The molecule has 1 aromatic carbocycles. The van der Waals surface area contributed by atoms with Gasteiger partial charge in [0.05, 0.1) is 17.6 Å². The third-order valence-corrected chi connectivity index (χ3v) is 6.83. The monoisotopic (exact) mass is 547 g/mol. The number of nitrogens with one attached hydrogen (secondary N) is 3. The number of imidazole rings is 1. The molecule has 0 spiro atoms. The van der Waals surface area contributed by atoms with Crippen LogP contribution in [0.4, 0.5) is 16.4 Å². The van der Waals surface area contributed by atoms with E-state index in [1.807, 2.05) is 80.0 Å². The molecule has 1 fully saturated rings. The standard InChI is InChI=1S/C29H34ClN7O2/c1-29(2,3)39-28(38)35-22-12-10-21(11-13-22)34-26-27-33-18-24(37(27)15-14-31-26)23-8-5-9-25(36-23)32-17-19-6-4-7-20(30)16-19/h4-9,14-16,18,21-22H,10-13,17H2,1-3H3,(H,31,34)(H,32,36)(H,35,38)/t21-,22-. The van der Waals surface area contributed by atoms with Crippen LogP contribution in [0.3, 0.4) is 0 Å². The van der Waals surface area contributed by atoms with E-state index in [0.717, 1.165) is 59.9 Å². The highest BCUT2D eigenvalue weighted by molar-refractivity contribution is 6.30. The summed E-state index contributed by atoms with van der Waals surface area (Å²) in [7, 11) is 0. The number of alkyl carbamates (subject to hydrolysis) is 1. The molecule has 3 N–H and O–H groups in total. The second-order valence-corrected chi connectivity index (χ2v) is 11.3. The molecule has 3 heterocycles. The molecule has 204 valence electrons. The number of amides is 1. The number of halogens is 1. The van der Waals surface area contributed by atoms with E-state index in [0.29, 0.717) is 11.6 Å². The Kier molecular flexibility index (Phi) is 7.88. The highest BCUT2D eigenvalue weighted by Gasteiger charge is 2.25. The van der Waals surface area contributed by atoms with Crippen LogP contribution in [-0.4, -0.2) is 43.1 Å². The quantitative estimate of drug-likeness (QED) is 0.249. The number of anilines is 2. The van der Waals surface area contributed by atoms with Gasteiger partial charge in [-0.15, -0.1) is 0 Å². The van der Waals surface area contributed by atoms with Gasteiger partial charge < -0.3 is 20.7 Å². The number of rotatable bonds is 7. The second kappa shape index (κ2) is 11.5. The van der Waals surface area contributed by atoms with E-state index in [1.54, 1.807) is 6.20 Å². The van der Waals surface area contributed by atoms with Crippen molar-refractivity contribution in [3.63, 3.8) is 0 Å². The molecule has 3 aromatic heterocycles. The van der Waals surface area contributed by atoms with E-state index < -0.39 is 5.60 Å². The van der Waals surface area contributed by atoms with Gasteiger partial charge in [-0.1, -0.05) is 29.8 Å². The van der Waals surface area contributed by atoms with E-state index in [4.69, 9.17) is 21.3 Å². The fraction of sp³-hybridized carbons (Fsp3) is 0.379. The number of nitrogens with zero attached hydrogens (tertiary/aromatic N) is 4. The van der Waals surface area contributed by atoms with Gasteiger partial charge in [0, 0.05) is 36.0 Å². The van der Waals surface area contributed by atoms with Gasteiger partial charge in [0.1, 0.15) is 11.4 Å². The molecule has 1 saturated carbocycles. The van der Waals surface area contributed by atoms with Crippen molar-refractivity contribution in [2.45, 2.75) is 70.7 Å². The number of pyridine rings is 1. The number of hydrogen-bond acceptors (Lipinski definition) is 7. The number of aromatic nitrogens is 4. The number of carbonyl (C=O) groups excluding carboxylic acids is 1. The van der Waals surface area contributed by atoms with E-state index in [-0.39, 0.29) is 18.2 Å². The highest BCUT2D eigenvalue weighted by atomic mass is 35.5. The minimum atomic E-state index is -0.499. The van der Waals surface area contributed by atoms with Crippen LogP contribution < -0.4 is 16.0 Å². The van der Waals surface area contributed by atoms with E-state index in [2.05, 4.69) is 25.9 Å². The lowest BCUT2D eigenvalue weighted by atomic mass is 9.91. The van der Waals surface area contributed by atoms with Crippen LogP contribution in [0.2, 0.25) is 5.02 Å². The predicted molar refractivity (Wildman–Crippen MR) is 154 cm³/mol. The van der Waals surface area contributed by atoms with Crippen molar-refractivity contribution in [3.05, 3.63) is 71.6 Å². The van der Waals surface area contributed by atoms with Crippen molar-refractivity contribution < 1.29 is 9.53 Å². The molecule has 0 aliphatic heterocycles. The van der Waals surface area contributed by atoms with Crippen LogP contribution in [0.5, 0.6) is 0 Å². The number of benzene rings is 1. The van der Waals surface area contributed by atoms with Crippen LogP contribution in [0, 0.1) is 0 Å². The zero-order valence-corrected chi connectivity index (χ0v) is 23.2. The largest absolute Gasteiger partial charge is 0.444 e. The zero-order valence-electron chi connectivity index (χ0n) is 22.4. The van der Waals surface area contributed by atoms with Gasteiger partial charge in [0.15, 0.2) is 11.5 Å². The maximum Gasteiger partial charge on any atom is 0.407 e. The number of fused-ring (bicyclic) bond motifs is 1. The Hall–Kier alpha value is -3.85. The van der Waals surface area contributed by atoms with Crippen LogP contribution in [0.15, 0.2) is 61.1 Å². The van der Waals surface area contributed by atoms with Crippen molar-refractivity contribution in [1.29, 1.82) is 0 Å². The maximum atomic E-state index is 12.1. The summed E-state index contributed by atoms with van der Waals surface area (Å²) in [5.41, 5.74) is 3.03. The van der Waals surface area contributed by atoms with Crippen molar-refractivity contribution in [1.82, 2.24) is 24.7 Å². The van der Waals surface area contributed by atoms with Crippen LogP contribution >= 0.6 is 11.6 Å². The zero-order chi connectivity index (χ0) is 27.4. The van der Waals surface area contributed by atoms with E-state index >= 15 is 0 Å². The SMILES string of the molecule is CC(C)(C)OC(=O)N[C@H]1CC[C@H](Nc2nccn3c(-c4cccc(NCc5cccc(Cl)c5)n4)cnc23)CC1. The summed E-state index contributed by atoms with van der Waals surface area (Å²) in [6.07, 6.45) is 8.73. The van der Waals surface area contributed by atoms with Crippen molar-refractivity contribution in [2.75, 3.05) is 10.6 Å². The molecule has 39 heavy (non-hydrogen) atoms. The highest BCUT2D eigenvalue weighted by Crippen LogP contribution is 2.27. The summed E-state index contributed by atoms with van der Waals surface area (Å²) in [5, 5.41) is 10.7. The maximum absolute atomic E-state index is 12.1. The first-order chi connectivity index (χ1) is 18.7. The molecule has 0 bridgehead atoms. The number of carbonyl (C=O) groups is 1. The van der Waals surface area contributed by atoms with Gasteiger partial charge in [-0.05, 0) is 76.3 Å². The number of ether oxygens (including phenoxy) is 1. The molecule has 0 saturated heterocycles. The molecule has 0 unspecified atom stereocenters. The average molecular weight is 548 g/mol. The Labute approximate surface area is 233 Å². The lowest BCUT2D eigenvalue weighted by Gasteiger charge is -2.30. The Morgan fingerprint density at radius 2 is 1.85 bits per heavy atom. The van der Waals surface area contributed by atoms with Crippen molar-refractivity contribution in [2.24, 2.45) is 0 Å². The Morgan fingerprint density at radius 1 is 1.08 bits per heavy atom. The van der Waals surface area contributed by atoms with Crippen LogP contribution in [0.1, 0.15) is 52.0 Å². The lowest BCUT2D eigenvalue weighted by Crippen LogP contribution is -2.42. The molecular weight excluding hydrogens is 514 g/mol. The third kappa shape index (κ3) is 6.97. The minimum absolute atomic E-state index is 0.116. The normalized spacial score (nSPS) is 17.5. The molecular formula is C29H34ClN7O2. The van der Waals surface area contributed by atoms with Crippen LogP contribution in [0.25, 0.3) is 17.0 Å². The molecule has 0 atom stereocenters. The lowest BCUT2D eigenvalue weighted by molar-refractivity contribution is 0.0492. The Morgan fingerprint density at radius 3 is 2.62 bits per heavy atom. The van der Waals surface area contributed by atoms with Gasteiger partial charge >= 0.3 is 6.09 Å². The molecule has 9 nitrogen and oxygen atoms in total. The molecule has 1 aliphatic carbocycles. The Balaban J connectivity index is 1.23. The van der Waals surface area contributed by atoms with Gasteiger partial charge in [0.2, 0.25) is 0 Å². The summed E-state index contributed by atoms with van der Waals surface area (Å²) in [6, 6.07) is 14.0. The van der Waals surface area contributed by atoms with Crippen molar-refractivity contribution in [3.8, 4) is 11.4 Å². The van der Waals surface area contributed by atoms with Gasteiger partial charge in [-0.3, -0.25) is 4.40 Å². The van der Waals surface area contributed by atoms with Crippen LogP contribution in [-0.2, 0) is 11.3 Å². The van der Waals surface area contributed by atoms with E-state index in [1.165, 1.54) is 0 Å². The molecule has 1 amide bonds. The minimum Gasteiger partial charge on any atom is -0.444 e. The fourth-order valence-corrected chi connectivity index (χ4v) is 4.99. The summed E-state index contributed by atoms with van der Waals surface area (Å²) in [6.45, 7) is 6.23. The van der Waals surface area contributed by atoms with Crippen molar-refractivity contribution >= 4 is 35.0 Å². The fourth-order valence-electron chi connectivity index (χ4n) is 4.78. The third-order valence-electron chi connectivity index (χ3n) is 6.59. The summed E-state index contributed by atoms with van der Waals surface area (Å²) >= 11 is 6.11. The molecule has 5 rings (SSSR count). The first-order valence-corrected chi connectivity index (χ1v) is 13.7. The first kappa shape index (κ1) is 26.7. The Bertz CT molecular complexity index is 1440. The molecule has 4 aromatic rings. The number of hydrogen-bond donors (Lipinski definition) is 3.